The molecule has 1 amide bonds. The average Bonchev–Trinajstić information content (AvgIpc) is 2.91. The van der Waals surface area contributed by atoms with Crippen LogP contribution in [0, 0.1) is 5.92 Å². The van der Waals surface area contributed by atoms with E-state index in [1.165, 1.54) is 0 Å². The van der Waals surface area contributed by atoms with Crippen LogP contribution in [0.5, 0.6) is 17.2 Å². The second-order valence-electron chi connectivity index (χ2n) is 9.57. The highest BCUT2D eigenvalue weighted by Gasteiger charge is 2.32. The van der Waals surface area contributed by atoms with Gasteiger partial charge in [0.2, 0.25) is 11.7 Å². The van der Waals surface area contributed by atoms with Crippen LogP contribution in [0.4, 0.5) is 0 Å². The van der Waals surface area contributed by atoms with Gasteiger partial charge in [0.15, 0.2) is 11.5 Å². The monoisotopic (exact) mass is 493 g/mol. The minimum absolute atomic E-state index is 0.0312. The number of amides is 1. The van der Waals surface area contributed by atoms with Crippen LogP contribution in [-0.2, 0) is 4.79 Å². The van der Waals surface area contributed by atoms with Crippen molar-refractivity contribution in [3.05, 3.63) is 46.8 Å². The lowest BCUT2D eigenvalue weighted by atomic mass is 9.99. The number of fused-ring (bicyclic) bond motifs is 1. The molecule has 1 aromatic heterocycles. The first kappa shape index (κ1) is 25.5. The standard InChI is InChI=1S/C28H35N3O5/c1-18(2)15-22(28(33)30-13-9-6-10-14-30)31-26(29-21-12-8-7-11-20(21)27(31)32)19-16-23(34-3)25(36-5)24(17-19)35-4/h7-8,11-12,16-18,22H,6,9-10,13-15H2,1-5H3. The maximum Gasteiger partial charge on any atom is 0.262 e. The number of benzene rings is 2. The topological polar surface area (TPSA) is 82.9 Å². The molecule has 8 heteroatoms. The van der Waals surface area contributed by atoms with E-state index in [0.29, 0.717) is 59.0 Å². The van der Waals surface area contributed by atoms with E-state index in [0.717, 1.165) is 19.3 Å². The van der Waals surface area contributed by atoms with Gasteiger partial charge >= 0.3 is 0 Å². The summed E-state index contributed by atoms with van der Waals surface area (Å²) in [5.74, 6) is 1.90. The number of methoxy groups -OCH3 is 3. The Labute approximate surface area is 211 Å². The third-order valence-electron chi connectivity index (χ3n) is 6.69. The van der Waals surface area contributed by atoms with Gasteiger partial charge in [0.05, 0.1) is 32.2 Å². The molecule has 1 atom stereocenters. The molecule has 1 fully saturated rings. The van der Waals surface area contributed by atoms with E-state index in [9.17, 15) is 9.59 Å². The molecule has 3 aromatic rings. The molecule has 1 unspecified atom stereocenters. The Kier molecular flexibility index (Phi) is 7.82. The fourth-order valence-corrected chi connectivity index (χ4v) is 4.94. The smallest absolute Gasteiger partial charge is 0.262 e. The number of hydrogen-bond donors (Lipinski definition) is 0. The Bertz CT molecular complexity index is 1270. The molecule has 0 spiro atoms. The predicted octanol–water partition coefficient (Wildman–Crippen LogP) is 4.69. The quantitative estimate of drug-likeness (QED) is 0.453. The molecule has 0 bridgehead atoms. The average molecular weight is 494 g/mol. The van der Waals surface area contributed by atoms with Crippen LogP contribution in [-0.4, -0.2) is 54.8 Å². The first-order chi connectivity index (χ1) is 17.4. The number of hydrogen-bond acceptors (Lipinski definition) is 6. The largest absolute Gasteiger partial charge is 0.493 e. The van der Waals surface area contributed by atoms with E-state index in [1.807, 2.05) is 23.1 Å². The van der Waals surface area contributed by atoms with Crippen molar-refractivity contribution in [1.82, 2.24) is 14.5 Å². The number of carbonyl (C=O) groups excluding carboxylic acids is 1. The van der Waals surface area contributed by atoms with Crippen molar-refractivity contribution in [2.24, 2.45) is 5.92 Å². The highest BCUT2D eigenvalue weighted by Crippen LogP contribution is 2.41. The Morgan fingerprint density at radius 3 is 2.19 bits per heavy atom. The predicted molar refractivity (Wildman–Crippen MR) is 140 cm³/mol. The number of aromatic nitrogens is 2. The SMILES string of the molecule is COc1cc(-c2nc3ccccc3c(=O)n2C(CC(C)C)C(=O)N2CCCCC2)cc(OC)c1OC. The summed E-state index contributed by atoms with van der Waals surface area (Å²) >= 11 is 0. The van der Waals surface area contributed by atoms with Crippen molar-refractivity contribution in [3.63, 3.8) is 0 Å². The van der Waals surface area contributed by atoms with Gasteiger partial charge in [-0.05, 0) is 55.9 Å². The Morgan fingerprint density at radius 1 is 0.972 bits per heavy atom. The molecular weight excluding hydrogens is 458 g/mol. The van der Waals surface area contributed by atoms with Gasteiger partial charge in [0.1, 0.15) is 11.9 Å². The maximum absolute atomic E-state index is 14.0. The molecule has 4 rings (SSSR count). The molecular formula is C28H35N3O5. The summed E-state index contributed by atoms with van der Waals surface area (Å²) < 4.78 is 18.2. The second kappa shape index (κ2) is 11.0. The highest BCUT2D eigenvalue weighted by molar-refractivity contribution is 5.84. The van der Waals surface area contributed by atoms with E-state index in [1.54, 1.807) is 44.1 Å². The molecule has 1 aliphatic rings. The van der Waals surface area contributed by atoms with Crippen molar-refractivity contribution < 1.29 is 19.0 Å². The summed E-state index contributed by atoms with van der Waals surface area (Å²) in [6, 6.07) is 10.1. The summed E-state index contributed by atoms with van der Waals surface area (Å²) in [5.41, 5.74) is 0.934. The number of rotatable bonds is 8. The molecule has 0 N–H and O–H groups in total. The van der Waals surface area contributed by atoms with Gasteiger partial charge in [-0.25, -0.2) is 4.98 Å². The van der Waals surface area contributed by atoms with Gasteiger partial charge < -0.3 is 19.1 Å². The van der Waals surface area contributed by atoms with E-state index in [-0.39, 0.29) is 17.4 Å². The van der Waals surface area contributed by atoms with Crippen LogP contribution in [0.1, 0.15) is 45.6 Å². The van der Waals surface area contributed by atoms with Gasteiger partial charge in [-0.3, -0.25) is 14.2 Å². The van der Waals surface area contributed by atoms with Crippen molar-refractivity contribution in [2.75, 3.05) is 34.4 Å². The lowest BCUT2D eigenvalue weighted by Gasteiger charge is -2.32. The summed E-state index contributed by atoms with van der Waals surface area (Å²) in [4.78, 5) is 34.8. The molecule has 0 aliphatic carbocycles. The zero-order valence-corrected chi connectivity index (χ0v) is 21.7. The number of ether oxygens (including phenoxy) is 3. The third-order valence-corrected chi connectivity index (χ3v) is 6.69. The number of piperidine rings is 1. The molecule has 1 saturated heterocycles. The van der Waals surface area contributed by atoms with Gasteiger partial charge in [-0.1, -0.05) is 26.0 Å². The number of likely N-dealkylation sites (tertiary alicyclic amines) is 1. The molecule has 2 heterocycles. The zero-order chi connectivity index (χ0) is 25.8. The van der Waals surface area contributed by atoms with Crippen LogP contribution in [0.2, 0.25) is 0 Å². The second-order valence-corrected chi connectivity index (χ2v) is 9.57. The summed E-state index contributed by atoms with van der Waals surface area (Å²) in [5, 5.41) is 0.480. The molecule has 8 nitrogen and oxygen atoms in total. The molecule has 0 radical (unpaired) electrons. The number of nitrogens with zero attached hydrogens (tertiary/aromatic N) is 3. The fraction of sp³-hybridized carbons (Fsp3) is 0.464. The van der Waals surface area contributed by atoms with Gasteiger partial charge in [-0.15, -0.1) is 0 Å². The number of para-hydroxylation sites is 1. The van der Waals surface area contributed by atoms with E-state index >= 15 is 0 Å². The van der Waals surface area contributed by atoms with Crippen molar-refractivity contribution in [2.45, 2.75) is 45.6 Å². The minimum atomic E-state index is -0.679. The van der Waals surface area contributed by atoms with Crippen LogP contribution < -0.4 is 19.8 Å². The van der Waals surface area contributed by atoms with Crippen LogP contribution in [0.25, 0.3) is 22.3 Å². The molecule has 192 valence electrons. The van der Waals surface area contributed by atoms with E-state index < -0.39 is 6.04 Å². The normalized spacial score (nSPS) is 14.7. The summed E-state index contributed by atoms with van der Waals surface area (Å²) in [7, 11) is 4.63. The first-order valence-corrected chi connectivity index (χ1v) is 12.5. The zero-order valence-electron chi connectivity index (χ0n) is 21.7. The Hall–Kier alpha value is -3.55. The Balaban J connectivity index is 2.00. The van der Waals surface area contributed by atoms with E-state index in [4.69, 9.17) is 19.2 Å². The lowest BCUT2D eigenvalue weighted by molar-refractivity contribution is -0.136. The summed E-state index contributed by atoms with van der Waals surface area (Å²) in [6.45, 7) is 5.55. The molecule has 2 aromatic carbocycles. The van der Waals surface area contributed by atoms with Gasteiger partial charge in [0, 0.05) is 18.7 Å². The molecule has 1 aliphatic heterocycles. The summed E-state index contributed by atoms with van der Waals surface area (Å²) in [6.07, 6.45) is 3.59. The van der Waals surface area contributed by atoms with Gasteiger partial charge in [0.25, 0.3) is 5.56 Å². The van der Waals surface area contributed by atoms with Gasteiger partial charge in [-0.2, -0.15) is 0 Å². The van der Waals surface area contributed by atoms with Crippen LogP contribution >= 0.6 is 0 Å². The molecule has 36 heavy (non-hydrogen) atoms. The highest BCUT2D eigenvalue weighted by atomic mass is 16.5. The Morgan fingerprint density at radius 2 is 1.61 bits per heavy atom. The van der Waals surface area contributed by atoms with Crippen LogP contribution in [0.3, 0.4) is 0 Å². The third kappa shape index (κ3) is 4.90. The minimum Gasteiger partial charge on any atom is -0.493 e. The van der Waals surface area contributed by atoms with Crippen LogP contribution in [0.15, 0.2) is 41.2 Å². The van der Waals surface area contributed by atoms with Crippen molar-refractivity contribution in [1.29, 1.82) is 0 Å². The van der Waals surface area contributed by atoms with E-state index in [2.05, 4.69) is 13.8 Å². The lowest BCUT2D eigenvalue weighted by Crippen LogP contribution is -2.44. The van der Waals surface area contributed by atoms with Crippen molar-refractivity contribution in [3.8, 4) is 28.6 Å². The van der Waals surface area contributed by atoms with Crippen molar-refractivity contribution >= 4 is 16.8 Å². The fourth-order valence-electron chi connectivity index (χ4n) is 4.94. The first-order valence-electron chi connectivity index (χ1n) is 12.5. The molecule has 0 saturated carbocycles. The number of carbonyl (C=O) groups is 1. The maximum atomic E-state index is 14.0.